The normalized spacial score (nSPS) is 12.2. The molecule has 1 aromatic rings. The van der Waals surface area contributed by atoms with E-state index in [0.29, 0.717) is 6.42 Å². The van der Waals surface area contributed by atoms with Crippen LogP contribution in [0.4, 0.5) is 5.69 Å². The maximum Gasteiger partial charge on any atom is 0.241 e. The molecule has 1 unspecified atom stereocenters. The van der Waals surface area contributed by atoms with Crippen molar-refractivity contribution >= 4 is 11.6 Å². The molecule has 0 heterocycles. The minimum atomic E-state index is -0.543. The van der Waals surface area contributed by atoms with Gasteiger partial charge in [-0.1, -0.05) is 32.1 Å². The summed E-state index contributed by atoms with van der Waals surface area (Å²) in [5.74, 6) is -0.176. The van der Waals surface area contributed by atoms with E-state index >= 15 is 0 Å². The number of anilines is 1. The molecule has 0 saturated heterocycles. The zero-order chi connectivity index (χ0) is 15.0. The van der Waals surface area contributed by atoms with Gasteiger partial charge in [0.2, 0.25) is 5.91 Å². The van der Waals surface area contributed by atoms with E-state index in [1.54, 1.807) is 6.08 Å². The van der Waals surface area contributed by atoms with Crippen molar-refractivity contribution < 1.29 is 4.79 Å². The van der Waals surface area contributed by atoms with Crippen LogP contribution in [0.15, 0.2) is 36.9 Å². The molecule has 4 heteroatoms. The quantitative estimate of drug-likeness (QED) is 0.716. The van der Waals surface area contributed by atoms with Crippen LogP contribution in [0.2, 0.25) is 0 Å². The summed E-state index contributed by atoms with van der Waals surface area (Å²) in [7, 11) is 0. The van der Waals surface area contributed by atoms with Crippen LogP contribution in [0.3, 0.4) is 0 Å². The Morgan fingerprint density at radius 3 is 2.75 bits per heavy atom. The summed E-state index contributed by atoms with van der Waals surface area (Å²) < 4.78 is 0. The van der Waals surface area contributed by atoms with Crippen molar-refractivity contribution in [1.82, 2.24) is 4.90 Å². The molecule has 4 nitrogen and oxygen atoms in total. The third-order valence-electron chi connectivity index (χ3n) is 3.25. The summed E-state index contributed by atoms with van der Waals surface area (Å²) in [4.78, 5) is 14.2. The Balaban J connectivity index is 2.68. The van der Waals surface area contributed by atoms with Gasteiger partial charge in [-0.05, 0) is 37.2 Å². The van der Waals surface area contributed by atoms with Gasteiger partial charge in [0.05, 0.1) is 6.04 Å². The summed E-state index contributed by atoms with van der Waals surface area (Å²) in [5, 5.41) is 2.85. The molecule has 0 bridgehead atoms. The molecular weight excluding hydrogens is 250 g/mol. The highest BCUT2D eigenvalue weighted by atomic mass is 16.2. The highest BCUT2D eigenvalue weighted by molar-refractivity contribution is 5.94. The van der Waals surface area contributed by atoms with Crippen LogP contribution < -0.4 is 11.1 Å². The molecule has 0 aliphatic heterocycles. The molecule has 0 saturated carbocycles. The maximum atomic E-state index is 11.9. The lowest BCUT2D eigenvalue weighted by atomic mass is 10.1. The molecule has 110 valence electrons. The molecule has 0 aliphatic carbocycles. The molecule has 20 heavy (non-hydrogen) atoms. The largest absolute Gasteiger partial charge is 0.325 e. The van der Waals surface area contributed by atoms with Gasteiger partial charge >= 0.3 is 0 Å². The van der Waals surface area contributed by atoms with Gasteiger partial charge < -0.3 is 11.1 Å². The Kier molecular flexibility index (Phi) is 6.98. The van der Waals surface area contributed by atoms with Gasteiger partial charge in [0, 0.05) is 12.2 Å². The second-order valence-electron chi connectivity index (χ2n) is 4.78. The van der Waals surface area contributed by atoms with E-state index in [-0.39, 0.29) is 5.91 Å². The predicted octanol–water partition coefficient (Wildman–Crippen LogP) is 2.37. The zero-order valence-electron chi connectivity index (χ0n) is 12.4. The Hall–Kier alpha value is -1.65. The number of carbonyl (C=O) groups excluding carboxylic acids is 1. The molecule has 0 spiro atoms. The highest BCUT2D eigenvalue weighted by Gasteiger charge is 2.11. The first kappa shape index (κ1) is 16.4. The fraction of sp³-hybridized carbons (Fsp3) is 0.438. The summed E-state index contributed by atoms with van der Waals surface area (Å²) in [6, 6.07) is 7.35. The molecule has 1 aromatic carbocycles. The van der Waals surface area contributed by atoms with Crippen LogP contribution in [0, 0.1) is 0 Å². The number of rotatable bonds is 8. The van der Waals surface area contributed by atoms with E-state index in [2.05, 4.69) is 36.7 Å². The minimum absolute atomic E-state index is 0.176. The number of hydrogen-bond donors (Lipinski definition) is 2. The number of benzene rings is 1. The van der Waals surface area contributed by atoms with Gasteiger partial charge in [0.15, 0.2) is 0 Å². The second kappa shape index (κ2) is 8.51. The van der Waals surface area contributed by atoms with Crippen molar-refractivity contribution in [1.29, 1.82) is 0 Å². The minimum Gasteiger partial charge on any atom is -0.325 e. The molecule has 0 fully saturated rings. The Labute approximate surface area is 121 Å². The average molecular weight is 275 g/mol. The van der Waals surface area contributed by atoms with Gasteiger partial charge in [-0.25, -0.2) is 0 Å². The van der Waals surface area contributed by atoms with Crippen LogP contribution in [-0.2, 0) is 11.3 Å². The zero-order valence-corrected chi connectivity index (χ0v) is 12.4. The third kappa shape index (κ3) is 5.15. The van der Waals surface area contributed by atoms with Crippen LogP contribution >= 0.6 is 0 Å². The molecule has 0 aliphatic rings. The molecule has 3 N–H and O–H groups in total. The lowest BCUT2D eigenvalue weighted by molar-refractivity contribution is -0.117. The highest BCUT2D eigenvalue weighted by Crippen LogP contribution is 2.13. The standard InChI is InChI=1S/C16H25N3O/c1-4-8-15(17)16(20)18-14-10-7-9-13(11-14)12-19(5-2)6-3/h4,7,9-11,15H,1,5-6,8,12,17H2,2-3H3,(H,18,20). The maximum absolute atomic E-state index is 11.9. The van der Waals surface area contributed by atoms with Crippen LogP contribution in [0.1, 0.15) is 25.8 Å². The summed E-state index contributed by atoms with van der Waals surface area (Å²) in [6.07, 6.45) is 2.13. The van der Waals surface area contributed by atoms with Gasteiger partial charge in [0.1, 0.15) is 0 Å². The average Bonchev–Trinajstić information content (AvgIpc) is 2.45. The Bertz CT molecular complexity index is 441. The number of carbonyl (C=O) groups is 1. The smallest absolute Gasteiger partial charge is 0.241 e. The topological polar surface area (TPSA) is 58.4 Å². The van der Waals surface area contributed by atoms with Crippen LogP contribution in [-0.4, -0.2) is 29.9 Å². The summed E-state index contributed by atoms with van der Waals surface area (Å²) in [6.45, 7) is 10.8. The molecular formula is C16H25N3O. The number of hydrogen-bond acceptors (Lipinski definition) is 3. The SMILES string of the molecule is C=CCC(N)C(=O)Nc1cccc(CN(CC)CC)c1. The Morgan fingerprint density at radius 2 is 2.15 bits per heavy atom. The van der Waals surface area contributed by atoms with Crippen LogP contribution in [0.5, 0.6) is 0 Å². The number of nitrogens with two attached hydrogens (primary N) is 1. The van der Waals surface area contributed by atoms with Gasteiger partial charge in [0.25, 0.3) is 0 Å². The van der Waals surface area contributed by atoms with Crippen molar-refractivity contribution in [2.75, 3.05) is 18.4 Å². The van der Waals surface area contributed by atoms with E-state index in [1.807, 2.05) is 18.2 Å². The lowest BCUT2D eigenvalue weighted by Crippen LogP contribution is -2.35. The fourth-order valence-electron chi connectivity index (χ4n) is 1.97. The monoisotopic (exact) mass is 275 g/mol. The lowest BCUT2D eigenvalue weighted by Gasteiger charge is -2.18. The van der Waals surface area contributed by atoms with Crippen molar-refractivity contribution in [3.8, 4) is 0 Å². The first-order valence-electron chi connectivity index (χ1n) is 7.09. The van der Waals surface area contributed by atoms with E-state index < -0.39 is 6.04 Å². The Morgan fingerprint density at radius 1 is 1.45 bits per heavy atom. The number of nitrogens with one attached hydrogen (secondary N) is 1. The third-order valence-corrected chi connectivity index (χ3v) is 3.25. The van der Waals surface area contributed by atoms with Gasteiger partial charge in [-0.2, -0.15) is 0 Å². The van der Waals surface area contributed by atoms with E-state index in [0.717, 1.165) is 25.3 Å². The van der Waals surface area contributed by atoms with Crippen molar-refractivity contribution in [3.63, 3.8) is 0 Å². The molecule has 1 amide bonds. The fourth-order valence-corrected chi connectivity index (χ4v) is 1.97. The van der Waals surface area contributed by atoms with Crippen LogP contribution in [0.25, 0.3) is 0 Å². The van der Waals surface area contributed by atoms with Crippen molar-refractivity contribution in [2.24, 2.45) is 5.73 Å². The number of amides is 1. The van der Waals surface area contributed by atoms with Crippen molar-refractivity contribution in [3.05, 3.63) is 42.5 Å². The summed E-state index contributed by atoms with van der Waals surface area (Å²) >= 11 is 0. The first-order valence-corrected chi connectivity index (χ1v) is 7.09. The second-order valence-corrected chi connectivity index (χ2v) is 4.78. The van der Waals surface area contributed by atoms with E-state index in [4.69, 9.17) is 5.73 Å². The molecule has 1 rings (SSSR count). The predicted molar refractivity (Wildman–Crippen MR) is 84.5 cm³/mol. The van der Waals surface area contributed by atoms with E-state index in [1.165, 1.54) is 5.56 Å². The summed E-state index contributed by atoms with van der Waals surface area (Å²) in [5.41, 5.74) is 7.72. The van der Waals surface area contributed by atoms with E-state index in [9.17, 15) is 4.79 Å². The molecule has 1 atom stereocenters. The van der Waals surface area contributed by atoms with Gasteiger partial charge in [-0.15, -0.1) is 6.58 Å². The van der Waals surface area contributed by atoms with Crippen molar-refractivity contribution in [2.45, 2.75) is 32.9 Å². The molecule has 0 radical (unpaired) electrons. The first-order chi connectivity index (χ1) is 9.60. The number of nitrogens with zero attached hydrogens (tertiary/aromatic N) is 1. The molecule has 0 aromatic heterocycles. The van der Waals surface area contributed by atoms with Gasteiger partial charge in [-0.3, -0.25) is 9.69 Å².